The van der Waals surface area contributed by atoms with Crippen LogP contribution in [0.15, 0.2) is 18.2 Å². The molecule has 7 heteroatoms. The fraction of sp³-hybridized carbons (Fsp3) is 0.529. The third kappa shape index (κ3) is 4.86. The van der Waals surface area contributed by atoms with E-state index < -0.39 is 12.6 Å². The lowest BCUT2D eigenvalue weighted by Crippen LogP contribution is -2.34. The highest BCUT2D eigenvalue weighted by Crippen LogP contribution is 2.29. The summed E-state index contributed by atoms with van der Waals surface area (Å²) in [5.41, 5.74) is 0.460. The molecule has 0 aromatic heterocycles. The lowest BCUT2D eigenvalue weighted by molar-refractivity contribution is -0.139. The van der Waals surface area contributed by atoms with E-state index in [1.165, 1.54) is 0 Å². The molecule has 1 aromatic rings. The van der Waals surface area contributed by atoms with Gasteiger partial charge in [-0.05, 0) is 38.0 Å². The minimum Gasteiger partial charge on any atom is -0.490 e. The molecule has 0 bridgehead atoms. The molecular weight excluding hydrogens is 314 g/mol. The average Bonchev–Trinajstić information content (AvgIpc) is 3.06. The van der Waals surface area contributed by atoms with E-state index in [0.29, 0.717) is 30.2 Å². The van der Waals surface area contributed by atoms with E-state index in [-0.39, 0.29) is 12.0 Å². The molecule has 0 spiro atoms. The number of likely N-dealkylation sites (N-methyl/N-ethyl adjacent to an activating group) is 1. The Balaban J connectivity index is 2.09. The number of aliphatic carboxylic acids is 1. The average molecular weight is 337 g/mol. The van der Waals surface area contributed by atoms with Crippen LogP contribution in [-0.2, 0) is 9.53 Å². The molecule has 1 aromatic carbocycles. The molecule has 24 heavy (non-hydrogen) atoms. The van der Waals surface area contributed by atoms with Gasteiger partial charge in [0.05, 0.1) is 12.7 Å². The molecule has 0 radical (unpaired) electrons. The number of benzene rings is 1. The molecule has 1 amide bonds. The van der Waals surface area contributed by atoms with Crippen molar-refractivity contribution in [2.45, 2.75) is 25.9 Å². The largest absolute Gasteiger partial charge is 0.490 e. The van der Waals surface area contributed by atoms with Crippen LogP contribution in [0.2, 0.25) is 0 Å². The monoisotopic (exact) mass is 337 g/mol. The first kappa shape index (κ1) is 18.1. The van der Waals surface area contributed by atoms with Gasteiger partial charge in [0.25, 0.3) is 5.91 Å². The van der Waals surface area contributed by atoms with Gasteiger partial charge in [0.2, 0.25) is 0 Å². The molecule has 7 nitrogen and oxygen atoms in total. The van der Waals surface area contributed by atoms with E-state index in [1.54, 1.807) is 37.1 Å². The lowest BCUT2D eigenvalue weighted by Gasteiger charge is -2.21. The fourth-order valence-electron chi connectivity index (χ4n) is 2.57. The second-order valence-electron chi connectivity index (χ2n) is 5.60. The molecule has 1 atom stereocenters. The number of carboxylic acids is 1. The van der Waals surface area contributed by atoms with E-state index in [4.69, 9.17) is 19.3 Å². The first-order chi connectivity index (χ1) is 11.5. The van der Waals surface area contributed by atoms with Crippen molar-refractivity contribution < 1.29 is 28.9 Å². The standard InChI is InChI=1S/C17H23NO6/c1-3-22-15-9-12(6-7-14(15)24-11-16(19)20)17(21)18(2)10-13-5-4-8-23-13/h6-7,9,13H,3-5,8,10-11H2,1-2H3,(H,19,20)/t13-/m1/s1. The lowest BCUT2D eigenvalue weighted by atomic mass is 10.1. The first-order valence-corrected chi connectivity index (χ1v) is 7.99. The number of amides is 1. The van der Waals surface area contributed by atoms with Gasteiger partial charge >= 0.3 is 5.97 Å². The molecule has 2 rings (SSSR count). The van der Waals surface area contributed by atoms with Crippen molar-refractivity contribution in [3.8, 4) is 11.5 Å². The summed E-state index contributed by atoms with van der Waals surface area (Å²) < 4.78 is 16.2. The summed E-state index contributed by atoms with van der Waals surface area (Å²) in [5, 5.41) is 8.71. The highest BCUT2D eigenvalue weighted by molar-refractivity contribution is 5.94. The molecule has 1 aliphatic heterocycles. The van der Waals surface area contributed by atoms with Crippen molar-refractivity contribution in [3.05, 3.63) is 23.8 Å². The Morgan fingerprint density at radius 2 is 2.12 bits per heavy atom. The quantitative estimate of drug-likeness (QED) is 0.778. The van der Waals surface area contributed by atoms with Gasteiger partial charge in [0, 0.05) is 25.8 Å². The smallest absolute Gasteiger partial charge is 0.341 e. The normalized spacial score (nSPS) is 16.7. The number of ether oxygens (including phenoxy) is 3. The Labute approximate surface area is 141 Å². The molecule has 0 aliphatic carbocycles. The predicted molar refractivity (Wildman–Crippen MR) is 86.7 cm³/mol. The summed E-state index contributed by atoms with van der Waals surface area (Å²) in [6.45, 7) is 3.01. The van der Waals surface area contributed by atoms with Crippen LogP contribution >= 0.6 is 0 Å². The Morgan fingerprint density at radius 3 is 2.75 bits per heavy atom. The summed E-state index contributed by atoms with van der Waals surface area (Å²) >= 11 is 0. The van der Waals surface area contributed by atoms with Gasteiger partial charge in [-0.3, -0.25) is 4.79 Å². The van der Waals surface area contributed by atoms with Crippen LogP contribution in [-0.4, -0.2) is 61.4 Å². The van der Waals surface area contributed by atoms with E-state index in [0.717, 1.165) is 19.4 Å². The zero-order valence-corrected chi connectivity index (χ0v) is 14.0. The number of hydrogen-bond acceptors (Lipinski definition) is 5. The number of carbonyl (C=O) groups excluding carboxylic acids is 1. The van der Waals surface area contributed by atoms with Crippen LogP contribution in [0.5, 0.6) is 11.5 Å². The van der Waals surface area contributed by atoms with Crippen molar-refractivity contribution in [1.82, 2.24) is 4.90 Å². The van der Waals surface area contributed by atoms with Gasteiger partial charge in [-0.15, -0.1) is 0 Å². The van der Waals surface area contributed by atoms with Gasteiger partial charge in [-0.2, -0.15) is 0 Å². The molecule has 1 N–H and O–H groups in total. The third-order valence-electron chi connectivity index (χ3n) is 3.69. The zero-order valence-electron chi connectivity index (χ0n) is 14.0. The van der Waals surface area contributed by atoms with Crippen LogP contribution in [0.1, 0.15) is 30.1 Å². The third-order valence-corrected chi connectivity index (χ3v) is 3.69. The molecule has 1 aliphatic rings. The Bertz CT molecular complexity index is 582. The summed E-state index contributed by atoms with van der Waals surface area (Å²) in [6, 6.07) is 4.74. The molecule has 1 saturated heterocycles. The van der Waals surface area contributed by atoms with Crippen molar-refractivity contribution in [1.29, 1.82) is 0 Å². The van der Waals surface area contributed by atoms with E-state index in [1.807, 2.05) is 0 Å². The number of carboxylic acid groups (broad SMARTS) is 1. The highest BCUT2D eigenvalue weighted by atomic mass is 16.5. The number of rotatable bonds is 8. The Kier molecular flexibility index (Phi) is 6.43. The molecule has 0 unspecified atom stereocenters. The molecule has 132 valence electrons. The summed E-state index contributed by atoms with van der Waals surface area (Å²) in [7, 11) is 1.74. The Hall–Kier alpha value is -2.28. The van der Waals surface area contributed by atoms with E-state index in [2.05, 4.69) is 0 Å². The van der Waals surface area contributed by atoms with Gasteiger partial charge in [0.15, 0.2) is 18.1 Å². The first-order valence-electron chi connectivity index (χ1n) is 7.99. The van der Waals surface area contributed by atoms with Crippen LogP contribution in [0.25, 0.3) is 0 Å². The highest BCUT2D eigenvalue weighted by Gasteiger charge is 2.21. The SMILES string of the molecule is CCOc1cc(C(=O)N(C)C[C@H]2CCCO2)ccc1OCC(=O)O. The predicted octanol–water partition coefficient (Wildman–Crippen LogP) is 1.80. The summed E-state index contributed by atoms with van der Waals surface area (Å²) in [6.07, 6.45) is 2.07. The zero-order chi connectivity index (χ0) is 17.5. The van der Waals surface area contributed by atoms with Crippen LogP contribution in [0, 0.1) is 0 Å². The molecular formula is C17H23NO6. The number of carbonyl (C=O) groups is 2. The second kappa shape index (κ2) is 8.54. The number of nitrogens with zero attached hydrogens (tertiary/aromatic N) is 1. The maximum Gasteiger partial charge on any atom is 0.341 e. The molecule has 1 fully saturated rings. The van der Waals surface area contributed by atoms with Gasteiger partial charge < -0.3 is 24.2 Å². The topological polar surface area (TPSA) is 85.3 Å². The second-order valence-corrected chi connectivity index (χ2v) is 5.60. The van der Waals surface area contributed by atoms with Crippen LogP contribution < -0.4 is 9.47 Å². The van der Waals surface area contributed by atoms with Crippen molar-refractivity contribution >= 4 is 11.9 Å². The maximum atomic E-state index is 12.5. The maximum absolute atomic E-state index is 12.5. The van der Waals surface area contributed by atoms with Gasteiger partial charge in [-0.1, -0.05) is 0 Å². The number of hydrogen-bond donors (Lipinski definition) is 1. The van der Waals surface area contributed by atoms with E-state index in [9.17, 15) is 9.59 Å². The van der Waals surface area contributed by atoms with Crippen molar-refractivity contribution in [3.63, 3.8) is 0 Å². The van der Waals surface area contributed by atoms with Gasteiger partial charge in [0.1, 0.15) is 0 Å². The summed E-state index contributed by atoms with van der Waals surface area (Å²) in [4.78, 5) is 24.8. The fourth-order valence-corrected chi connectivity index (χ4v) is 2.57. The van der Waals surface area contributed by atoms with Crippen LogP contribution in [0.4, 0.5) is 0 Å². The molecule has 0 saturated carbocycles. The molecule has 1 heterocycles. The minimum absolute atomic E-state index is 0.0866. The van der Waals surface area contributed by atoms with Crippen LogP contribution in [0.3, 0.4) is 0 Å². The van der Waals surface area contributed by atoms with E-state index >= 15 is 0 Å². The van der Waals surface area contributed by atoms with Crippen molar-refractivity contribution in [2.75, 3.05) is 33.4 Å². The van der Waals surface area contributed by atoms with Gasteiger partial charge in [-0.25, -0.2) is 4.79 Å². The summed E-state index contributed by atoms with van der Waals surface area (Å²) in [5.74, 6) is -0.558. The minimum atomic E-state index is -1.08. The Morgan fingerprint density at radius 1 is 1.33 bits per heavy atom. The van der Waals surface area contributed by atoms with Crippen molar-refractivity contribution in [2.24, 2.45) is 0 Å².